The van der Waals surface area contributed by atoms with Crippen molar-refractivity contribution >= 4 is 15.9 Å². The highest BCUT2D eigenvalue weighted by atomic mass is 79.9. The Labute approximate surface area is 112 Å². The molecule has 1 aliphatic heterocycles. The Kier molecular flexibility index (Phi) is 4.60. The number of rotatable bonds is 4. The van der Waals surface area contributed by atoms with Crippen molar-refractivity contribution in [2.24, 2.45) is 5.73 Å². The lowest BCUT2D eigenvalue weighted by Crippen LogP contribution is -2.42. The van der Waals surface area contributed by atoms with E-state index in [1.807, 2.05) is 0 Å². The van der Waals surface area contributed by atoms with Crippen LogP contribution in [0.5, 0.6) is 0 Å². The molecule has 1 fully saturated rings. The van der Waals surface area contributed by atoms with Gasteiger partial charge in [-0.1, -0.05) is 35.0 Å². The summed E-state index contributed by atoms with van der Waals surface area (Å²) in [6.45, 7) is 5.46. The predicted molar refractivity (Wildman–Crippen MR) is 76.2 cm³/mol. The number of likely N-dealkylation sites (tertiary alicyclic amines) is 1. The average Bonchev–Trinajstić information content (AvgIpc) is 2.84. The van der Waals surface area contributed by atoms with E-state index in [4.69, 9.17) is 5.73 Å². The molecule has 2 unspecified atom stereocenters. The zero-order valence-corrected chi connectivity index (χ0v) is 12.0. The van der Waals surface area contributed by atoms with Crippen molar-refractivity contribution in [3.05, 3.63) is 34.3 Å². The molecule has 0 spiro atoms. The maximum Gasteiger partial charge on any atom is 0.0284 e. The molecule has 2 N–H and O–H groups in total. The van der Waals surface area contributed by atoms with Crippen LogP contribution in [0, 0.1) is 0 Å². The Bertz CT molecular complexity index is 344. The SMILES string of the molecule is CC(c1ccc(Br)cc1)C(CN)N1CCCC1. The molecule has 1 aliphatic rings. The van der Waals surface area contributed by atoms with Crippen LogP contribution in [0.4, 0.5) is 0 Å². The predicted octanol–water partition coefficient (Wildman–Crippen LogP) is 2.98. The minimum Gasteiger partial charge on any atom is -0.329 e. The molecule has 3 heteroatoms. The molecule has 1 aromatic rings. The summed E-state index contributed by atoms with van der Waals surface area (Å²) in [7, 11) is 0. The third-order valence-corrected chi connectivity index (χ3v) is 4.35. The zero-order valence-electron chi connectivity index (χ0n) is 10.4. The first-order valence-electron chi connectivity index (χ1n) is 6.42. The van der Waals surface area contributed by atoms with E-state index in [-0.39, 0.29) is 0 Å². The van der Waals surface area contributed by atoms with Gasteiger partial charge < -0.3 is 5.73 Å². The highest BCUT2D eigenvalue weighted by Crippen LogP contribution is 2.26. The summed E-state index contributed by atoms with van der Waals surface area (Å²) in [4.78, 5) is 2.55. The lowest BCUT2D eigenvalue weighted by Gasteiger charge is -2.31. The van der Waals surface area contributed by atoms with E-state index in [1.165, 1.54) is 31.5 Å². The van der Waals surface area contributed by atoms with Gasteiger partial charge in [0, 0.05) is 17.1 Å². The number of halogens is 1. The molecule has 0 saturated carbocycles. The van der Waals surface area contributed by atoms with Gasteiger partial charge >= 0.3 is 0 Å². The van der Waals surface area contributed by atoms with E-state index in [0.717, 1.165) is 11.0 Å². The number of hydrogen-bond acceptors (Lipinski definition) is 2. The molecule has 0 amide bonds. The molecular formula is C14H21BrN2. The summed E-state index contributed by atoms with van der Waals surface area (Å²) in [6.07, 6.45) is 2.65. The van der Waals surface area contributed by atoms with E-state index in [2.05, 4.69) is 52.0 Å². The second-order valence-electron chi connectivity index (χ2n) is 4.89. The fourth-order valence-electron chi connectivity index (χ4n) is 2.73. The van der Waals surface area contributed by atoms with Crippen LogP contribution in [-0.2, 0) is 0 Å². The summed E-state index contributed by atoms with van der Waals surface area (Å²) in [6, 6.07) is 9.12. The third-order valence-electron chi connectivity index (χ3n) is 3.82. The van der Waals surface area contributed by atoms with Crippen LogP contribution in [0.3, 0.4) is 0 Å². The third kappa shape index (κ3) is 3.09. The van der Waals surface area contributed by atoms with Gasteiger partial charge in [0.15, 0.2) is 0 Å². The molecule has 1 aromatic carbocycles. The normalized spacial score (nSPS) is 20.4. The summed E-state index contributed by atoms with van der Waals surface area (Å²) in [5.74, 6) is 0.506. The first kappa shape index (κ1) is 13.1. The van der Waals surface area contributed by atoms with E-state index in [9.17, 15) is 0 Å². The molecule has 2 nitrogen and oxygen atoms in total. The fourth-order valence-corrected chi connectivity index (χ4v) is 3.00. The molecule has 2 atom stereocenters. The zero-order chi connectivity index (χ0) is 12.3. The Balaban J connectivity index is 2.10. The number of hydrogen-bond donors (Lipinski definition) is 1. The van der Waals surface area contributed by atoms with Crippen LogP contribution in [-0.4, -0.2) is 30.6 Å². The average molecular weight is 297 g/mol. The van der Waals surface area contributed by atoms with E-state index < -0.39 is 0 Å². The van der Waals surface area contributed by atoms with Gasteiger partial charge in [-0.3, -0.25) is 4.90 Å². The van der Waals surface area contributed by atoms with Crippen LogP contribution in [0.2, 0.25) is 0 Å². The topological polar surface area (TPSA) is 29.3 Å². The Morgan fingerprint density at radius 3 is 2.35 bits per heavy atom. The van der Waals surface area contributed by atoms with Gasteiger partial charge in [-0.05, 0) is 49.5 Å². The first-order chi connectivity index (χ1) is 8.22. The molecule has 0 radical (unpaired) electrons. The minimum atomic E-state index is 0.485. The van der Waals surface area contributed by atoms with Crippen LogP contribution in [0.15, 0.2) is 28.7 Å². The van der Waals surface area contributed by atoms with Gasteiger partial charge in [0.2, 0.25) is 0 Å². The molecule has 0 aliphatic carbocycles. The standard InChI is InChI=1S/C14H21BrN2/c1-11(12-4-6-13(15)7-5-12)14(10-16)17-8-2-3-9-17/h4-7,11,14H,2-3,8-10,16H2,1H3. The summed E-state index contributed by atoms with van der Waals surface area (Å²) >= 11 is 3.48. The minimum absolute atomic E-state index is 0.485. The molecular weight excluding hydrogens is 276 g/mol. The van der Waals surface area contributed by atoms with E-state index in [0.29, 0.717) is 12.0 Å². The highest BCUT2D eigenvalue weighted by Gasteiger charge is 2.26. The summed E-state index contributed by atoms with van der Waals surface area (Å²) in [5.41, 5.74) is 7.35. The van der Waals surface area contributed by atoms with Gasteiger partial charge in [-0.25, -0.2) is 0 Å². The molecule has 0 aromatic heterocycles. The van der Waals surface area contributed by atoms with Crippen molar-refractivity contribution < 1.29 is 0 Å². The first-order valence-corrected chi connectivity index (χ1v) is 7.21. The Morgan fingerprint density at radius 1 is 1.24 bits per heavy atom. The molecule has 94 valence electrons. The molecule has 1 heterocycles. The van der Waals surface area contributed by atoms with Crippen LogP contribution < -0.4 is 5.73 Å². The molecule has 1 saturated heterocycles. The van der Waals surface area contributed by atoms with E-state index >= 15 is 0 Å². The van der Waals surface area contributed by atoms with Crippen molar-refractivity contribution in [1.82, 2.24) is 4.90 Å². The smallest absolute Gasteiger partial charge is 0.0284 e. The lowest BCUT2D eigenvalue weighted by atomic mass is 9.92. The van der Waals surface area contributed by atoms with Crippen molar-refractivity contribution in [3.63, 3.8) is 0 Å². The maximum absolute atomic E-state index is 5.97. The van der Waals surface area contributed by atoms with Gasteiger partial charge in [0.25, 0.3) is 0 Å². The van der Waals surface area contributed by atoms with Gasteiger partial charge in [0.05, 0.1) is 0 Å². The van der Waals surface area contributed by atoms with Crippen LogP contribution in [0.25, 0.3) is 0 Å². The van der Waals surface area contributed by atoms with Gasteiger partial charge in [-0.15, -0.1) is 0 Å². The second-order valence-corrected chi connectivity index (χ2v) is 5.80. The van der Waals surface area contributed by atoms with Crippen LogP contribution >= 0.6 is 15.9 Å². The molecule has 17 heavy (non-hydrogen) atoms. The van der Waals surface area contributed by atoms with Crippen molar-refractivity contribution in [2.75, 3.05) is 19.6 Å². The van der Waals surface area contributed by atoms with Crippen molar-refractivity contribution in [1.29, 1.82) is 0 Å². The summed E-state index contributed by atoms with van der Waals surface area (Å²) < 4.78 is 1.14. The Hall–Kier alpha value is -0.380. The quantitative estimate of drug-likeness (QED) is 0.926. The molecule has 0 bridgehead atoms. The fraction of sp³-hybridized carbons (Fsp3) is 0.571. The van der Waals surface area contributed by atoms with E-state index in [1.54, 1.807) is 0 Å². The van der Waals surface area contributed by atoms with Gasteiger partial charge in [0.1, 0.15) is 0 Å². The van der Waals surface area contributed by atoms with Crippen molar-refractivity contribution in [2.45, 2.75) is 31.7 Å². The molecule has 2 rings (SSSR count). The Morgan fingerprint density at radius 2 is 1.82 bits per heavy atom. The second kappa shape index (κ2) is 5.98. The van der Waals surface area contributed by atoms with Gasteiger partial charge in [-0.2, -0.15) is 0 Å². The highest BCUT2D eigenvalue weighted by molar-refractivity contribution is 9.10. The monoisotopic (exact) mass is 296 g/mol. The maximum atomic E-state index is 5.97. The largest absolute Gasteiger partial charge is 0.329 e. The lowest BCUT2D eigenvalue weighted by molar-refractivity contribution is 0.221. The van der Waals surface area contributed by atoms with Crippen molar-refractivity contribution in [3.8, 4) is 0 Å². The van der Waals surface area contributed by atoms with Crippen LogP contribution in [0.1, 0.15) is 31.2 Å². The number of nitrogens with zero attached hydrogens (tertiary/aromatic N) is 1. The number of benzene rings is 1. The summed E-state index contributed by atoms with van der Waals surface area (Å²) in [5, 5.41) is 0. The number of nitrogens with two attached hydrogens (primary N) is 1.